The first kappa shape index (κ1) is 23.5. The van der Waals surface area contributed by atoms with Crippen molar-refractivity contribution in [1.29, 1.82) is 0 Å². The van der Waals surface area contributed by atoms with Gasteiger partial charge in [0.2, 0.25) is 15.9 Å². The van der Waals surface area contributed by atoms with Gasteiger partial charge in [0.1, 0.15) is 0 Å². The maximum Gasteiger partial charge on any atom is 0.243 e. The zero-order valence-electron chi connectivity index (χ0n) is 19.3. The van der Waals surface area contributed by atoms with Gasteiger partial charge in [-0.3, -0.25) is 9.69 Å². The monoisotopic (exact) mass is 464 g/mol. The highest BCUT2D eigenvalue weighted by atomic mass is 32.2. The number of hydrogen-bond acceptors (Lipinski definition) is 6. The summed E-state index contributed by atoms with van der Waals surface area (Å²) in [6.45, 7) is 9.96. The van der Waals surface area contributed by atoms with Crippen molar-refractivity contribution >= 4 is 27.3 Å². The summed E-state index contributed by atoms with van der Waals surface area (Å²) in [5.41, 5.74) is 1.49. The van der Waals surface area contributed by atoms with Crippen LogP contribution in [0.4, 0.5) is 11.4 Å². The topological polar surface area (TPSA) is 82.2 Å². The van der Waals surface area contributed by atoms with Crippen molar-refractivity contribution in [3.63, 3.8) is 0 Å². The molecule has 1 aromatic carbocycles. The van der Waals surface area contributed by atoms with Crippen LogP contribution in [0, 0.1) is 11.8 Å². The highest BCUT2D eigenvalue weighted by Gasteiger charge is 2.29. The molecule has 0 spiro atoms. The van der Waals surface area contributed by atoms with Gasteiger partial charge in [-0.25, -0.2) is 8.42 Å². The lowest BCUT2D eigenvalue weighted by Crippen LogP contribution is -2.43. The number of carbonyl (C=O) groups excluding carboxylic acids is 1. The van der Waals surface area contributed by atoms with Gasteiger partial charge in [0.05, 0.1) is 36.0 Å². The van der Waals surface area contributed by atoms with E-state index < -0.39 is 10.0 Å². The van der Waals surface area contributed by atoms with E-state index in [2.05, 4.69) is 29.0 Å². The van der Waals surface area contributed by atoms with E-state index in [1.165, 1.54) is 10.7 Å². The van der Waals surface area contributed by atoms with Crippen molar-refractivity contribution < 1.29 is 17.9 Å². The molecule has 0 aromatic heterocycles. The van der Waals surface area contributed by atoms with Crippen LogP contribution in [0.2, 0.25) is 0 Å². The number of hydrogen-bond donors (Lipinski definition) is 1. The van der Waals surface area contributed by atoms with E-state index in [9.17, 15) is 13.2 Å². The Bertz CT molecular complexity index is 901. The summed E-state index contributed by atoms with van der Waals surface area (Å²) in [6, 6.07) is 5.15. The normalized spacial score (nSPS) is 25.8. The quantitative estimate of drug-likeness (QED) is 0.695. The lowest BCUT2D eigenvalue weighted by Gasteiger charge is -2.34. The van der Waals surface area contributed by atoms with Crippen LogP contribution >= 0.6 is 0 Å². The molecule has 8 nitrogen and oxygen atoms in total. The first-order valence-corrected chi connectivity index (χ1v) is 13.3. The second kappa shape index (κ2) is 10.1. The summed E-state index contributed by atoms with van der Waals surface area (Å²) in [7, 11) is -3.63. The van der Waals surface area contributed by atoms with Crippen molar-refractivity contribution in [2.45, 2.75) is 38.0 Å². The number of piperidine rings is 1. The third kappa shape index (κ3) is 5.44. The molecule has 9 heteroatoms. The Morgan fingerprint density at radius 1 is 1.06 bits per heavy atom. The van der Waals surface area contributed by atoms with E-state index in [1.807, 2.05) is 6.07 Å². The zero-order valence-corrected chi connectivity index (χ0v) is 20.1. The summed E-state index contributed by atoms with van der Waals surface area (Å²) in [4.78, 5) is 17.6. The van der Waals surface area contributed by atoms with Crippen LogP contribution in [-0.2, 0) is 19.6 Å². The second-order valence-electron chi connectivity index (χ2n) is 9.58. The zero-order chi connectivity index (χ0) is 22.7. The Hall–Kier alpha value is -1.68. The van der Waals surface area contributed by atoms with Gasteiger partial charge in [0, 0.05) is 39.3 Å². The molecular formula is C23H36N4O4S. The molecule has 0 radical (unpaired) electrons. The Kier molecular flexibility index (Phi) is 7.39. The highest BCUT2D eigenvalue weighted by molar-refractivity contribution is 7.89. The van der Waals surface area contributed by atoms with Crippen molar-refractivity contribution in [2.75, 3.05) is 69.2 Å². The van der Waals surface area contributed by atoms with Gasteiger partial charge in [-0.1, -0.05) is 13.8 Å². The molecule has 3 aliphatic rings. The SMILES string of the molecule is C[C@@H]1C[C@H](C)CN(CC(=O)Nc2cc(S(=O)(=O)N3CCOCC3)ccc2N2CCCC2)C1. The van der Waals surface area contributed by atoms with E-state index >= 15 is 0 Å². The fraction of sp³-hybridized carbons (Fsp3) is 0.696. The summed E-state index contributed by atoms with van der Waals surface area (Å²) in [5.74, 6) is 1.06. The van der Waals surface area contributed by atoms with Crippen molar-refractivity contribution in [3.8, 4) is 0 Å². The van der Waals surface area contributed by atoms with Gasteiger partial charge in [-0.05, 0) is 49.3 Å². The second-order valence-corrected chi connectivity index (χ2v) is 11.5. The Labute approximate surface area is 191 Å². The minimum atomic E-state index is -3.63. The first-order chi connectivity index (χ1) is 15.3. The molecule has 3 fully saturated rings. The number of rotatable bonds is 6. The smallest absolute Gasteiger partial charge is 0.243 e. The maximum atomic E-state index is 13.2. The van der Waals surface area contributed by atoms with Crippen LogP contribution in [-0.4, -0.2) is 82.6 Å². The molecule has 0 bridgehead atoms. The standard InChI is InChI=1S/C23H36N4O4S/c1-18-13-19(2)16-25(15-18)17-23(28)24-21-14-20(5-6-22(21)26-7-3-4-8-26)32(29,30)27-9-11-31-12-10-27/h5-6,14,18-19H,3-4,7-13,15-17H2,1-2H3,(H,24,28)/t18-,19+. The Balaban J connectivity index is 1.55. The number of anilines is 2. The molecule has 4 rings (SSSR count). The molecule has 3 aliphatic heterocycles. The van der Waals surface area contributed by atoms with E-state index in [4.69, 9.17) is 4.74 Å². The molecule has 1 amide bonds. The number of likely N-dealkylation sites (tertiary alicyclic amines) is 1. The molecule has 32 heavy (non-hydrogen) atoms. The molecule has 1 N–H and O–H groups in total. The molecule has 0 aliphatic carbocycles. The summed E-state index contributed by atoms with van der Waals surface area (Å²) >= 11 is 0. The number of morpholine rings is 1. The molecule has 3 saturated heterocycles. The van der Waals surface area contributed by atoms with Gasteiger partial charge in [-0.2, -0.15) is 4.31 Å². The third-order valence-electron chi connectivity index (χ3n) is 6.61. The minimum absolute atomic E-state index is 0.0901. The average molecular weight is 465 g/mol. The molecule has 3 heterocycles. The van der Waals surface area contributed by atoms with Gasteiger partial charge in [-0.15, -0.1) is 0 Å². The number of sulfonamides is 1. The largest absolute Gasteiger partial charge is 0.379 e. The number of nitrogens with one attached hydrogen (secondary N) is 1. The lowest BCUT2D eigenvalue weighted by molar-refractivity contribution is -0.117. The van der Waals surface area contributed by atoms with E-state index in [1.54, 1.807) is 12.1 Å². The van der Waals surface area contributed by atoms with Crippen LogP contribution in [0.15, 0.2) is 23.1 Å². The van der Waals surface area contributed by atoms with Crippen LogP contribution < -0.4 is 10.2 Å². The van der Waals surface area contributed by atoms with E-state index in [0.29, 0.717) is 50.4 Å². The van der Waals surface area contributed by atoms with Crippen molar-refractivity contribution in [3.05, 3.63) is 18.2 Å². The summed E-state index contributed by atoms with van der Waals surface area (Å²) in [6.07, 6.45) is 3.40. The van der Waals surface area contributed by atoms with Crippen LogP contribution in [0.3, 0.4) is 0 Å². The highest BCUT2D eigenvalue weighted by Crippen LogP contribution is 2.32. The van der Waals surface area contributed by atoms with Gasteiger partial charge in [0.25, 0.3) is 0 Å². The number of ether oxygens (including phenoxy) is 1. The van der Waals surface area contributed by atoms with Crippen LogP contribution in [0.1, 0.15) is 33.1 Å². The lowest BCUT2D eigenvalue weighted by atomic mass is 9.92. The average Bonchev–Trinajstić information content (AvgIpc) is 3.28. The molecule has 0 saturated carbocycles. The van der Waals surface area contributed by atoms with Crippen molar-refractivity contribution in [2.24, 2.45) is 11.8 Å². The predicted molar refractivity (Wildman–Crippen MR) is 125 cm³/mol. The van der Waals surface area contributed by atoms with Crippen LogP contribution in [0.25, 0.3) is 0 Å². The van der Waals surface area contributed by atoms with Gasteiger partial charge >= 0.3 is 0 Å². The number of carbonyl (C=O) groups is 1. The third-order valence-corrected chi connectivity index (χ3v) is 8.50. The van der Waals surface area contributed by atoms with Gasteiger partial charge < -0.3 is 15.0 Å². The van der Waals surface area contributed by atoms with E-state index in [-0.39, 0.29) is 10.8 Å². The Morgan fingerprint density at radius 2 is 1.72 bits per heavy atom. The molecule has 1 aromatic rings. The summed E-state index contributed by atoms with van der Waals surface area (Å²) in [5, 5.41) is 3.05. The number of nitrogens with zero attached hydrogens (tertiary/aromatic N) is 3. The minimum Gasteiger partial charge on any atom is -0.379 e. The molecule has 2 atom stereocenters. The fourth-order valence-electron chi connectivity index (χ4n) is 5.26. The molecular weight excluding hydrogens is 428 g/mol. The maximum absolute atomic E-state index is 13.2. The number of benzene rings is 1. The first-order valence-electron chi connectivity index (χ1n) is 11.8. The number of amides is 1. The molecule has 0 unspecified atom stereocenters. The molecule has 178 valence electrons. The Morgan fingerprint density at radius 3 is 2.38 bits per heavy atom. The van der Waals surface area contributed by atoms with E-state index in [0.717, 1.165) is 44.7 Å². The van der Waals surface area contributed by atoms with Crippen LogP contribution in [0.5, 0.6) is 0 Å². The summed E-state index contributed by atoms with van der Waals surface area (Å²) < 4.78 is 33.1. The van der Waals surface area contributed by atoms with Crippen molar-refractivity contribution in [1.82, 2.24) is 9.21 Å². The van der Waals surface area contributed by atoms with Gasteiger partial charge in [0.15, 0.2) is 0 Å². The fourth-order valence-corrected chi connectivity index (χ4v) is 6.69. The predicted octanol–water partition coefficient (Wildman–Crippen LogP) is 2.22.